The van der Waals surface area contributed by atoms with Gasteiger partial charge in [0.05, 0.1) is 32.5 Å². The highest BCUT2D eigenvalue weighted by Gasteiger charge is 2.33. The number of carbonyl (C=O) groups is 1. The van der Waals surface area contributed by atoms with E-state index in [0.29, 0.717) is 23.7 Å². The minimum Gasteiger partial charge on any atom is -0.493 e. The van der Waals surface area contributed by atoms with Crippen molar-refractivity contribution in [2.24, 2.45) is 5.92 Å². The molecule has 0 bridgehead atoms. The van der Waals surface area contributed by atoms with Crippen molar-refractivity contribution in [3.8, 4) is 17.2 Å². The lowest BCUT2D eigenvalue weighted by Crippen LogP contribution is -2.39. The molecule has 0 spiro atoms. The average Bonchev–Trinajstić information content (AvgIpc) is 3.17. The van der Waals surface area contributed by atoms with E-state index in [1.54, 1.807) is 26.4 Å². The van der Waals surface area contributed by atoms with E-state index in [9.17, 15) is 4.79 Å². The number of ether oxygens (including phenoxy) is 2. The molecule has 2 amide bonds. The van der Waals surface area contributed by atoms with Crippen molar-refractivity contribution >= 4 is 11.7 Å². The van der Waals surface area contributed by atoms with Gasteiger partial charge in [-0.15, -0.1) is 0 Å². The number of benzene rings is 2. The van der Waals surface area contributed by atoms with Crippen molar-refractivity contribution in [3.05, 3.63) is 72.1 Å². The SMILES string of the molecule is COc1ccc(NC(=O)N2Cc3ccccc3-n3cccc3[C@H]2C(C)C)cc1OC. The maximum Gasteiger partial charge on any atom is 0.322 e. The van der Waals surface area contributed by atoms with Crippen molar-refractivity contribution in [3.63, 3.8) is 0 Å². The third-order valence-electron chi connectivity index (χ3n) is 5.54. The highest BCUT2D eigenvalue weighted by atomic mass is 16.5. The Morgan fingerprint density at radius 2 is 1.80 bits per heavy atom. The average molecular weight is 405 g/mol. The molecule has 2 aromatic carbocycles. The second-order valence-corrected chi connectivity index (χ2v) is 7.75. The largest absolute Gasteiger partial charge is 0.493 e. The fourth-order valence-corrected chi connectivity index (χ4v) is 4.18. The molecule has 1 aromatic heterocycles. The van der Waals surface area contributed by atoms with E-state index >= 15 is 0 Å². The predicted octanol–water partition coefficient (Wildman–Crippen LogP) is 5.24. The van der Waals surface area contributed by atoms with E-state index < -0.39 is 0 Å². The van der Waals surface area contributed by atoms with Gasteiger partial charge in [0.15, 0.2) is 11.5 Å². The van der Waals surface area contributed by atoms with Gasteiger partial charge in [0.1, 0.15) is 0 Å². The number of urea groups is 1. The maximum absolute atomic E-state index is 13.5. The summed E-state index contributed by atoms with van der Waals surface area (Å²) in [7, 11) is 3.17. The van der Waals surface area contributed by atoms with Crippen LogP contribution in [0.2, 0.25) is 0 Å². The molecule has 0 saturated heterocycles. The van der Waals surface area contributed by atoms with Gasteiger partial charge < -0.3 is 24.3 Å². The summed E-state index contributed by atoms with van der Waals surface area (Å²) < 4.78 is 12.9. The van der Waals surface area contributed by atoms with Crippen molar-refractivity contribution in [2.75, 3.05) is 19.5 Å². The van der Waals surface area contributed by atoms with Gasteiger partial charge >= 0.3 is 6.03 Å². The zero-order valence-corrected chi connectivity index (χ0v) is 17.8. The number of methoxy groups -OCH3 is 2. The second-order valence-electron chi connectivity index (χ2n) is 7.75. The number of anilines is 1. The van der Waals surface area contributed by atoms with Crippen LogP contribution >= 0.6 is 0 Å². The topological polar surface area (TPSA) is 55.7 Å². The zero-order chi connectivity index (χ0) is 21.3. The van der Waals surface area contributed by atoms with E-state index in [-0.39, 0.29) is 18.0 Å². The first-order chi connectivity index (χ1) is 14.5. The van der Waals surface area contributed by atoms with Gasteiger partial charge in [-0.05, 0) is 41.8 Å². The number of carbonyl (C=O) groups excluding carboxylic acids is 1. The number of para-hydroxylation sites is 1. The van der Waals surface area contributed by atoms with Gasteiger partial charge in [0, 0.05) is 23.6 Å². The van der Waals surface area contributed by atoms with Crippen LogP contribution in [0.5, 0.6) is 11.5 Å². The predicted molar refractivity (Wildman–Crippen MR) is 117 cm³/mol. The summed E-state index contributed by atoms with van der Waals surface area (Å²) >= 11 is 0. The van der Waals surface area contributed by atoms with Crippen LogP contribution < -0.4 is 14.8 Å². The number of fused-ring (bicyclic) bond motifs is 3. The van der Waals surface area contributed by atoms with Crippen LogP contribution in [0.15, 0.2) is 60.8 Å². The highest BCUT2D eigenvalue weighted by Crippen LogP contribution is 2.37. The van der Waals surface area contributed by atoms with Crippen LogP contribution in [0.3, 0.4) is 0 Å². The molecule has 1 aliphatic heterocycles. The first-order valence-corrected chi connectivity index (χ1v) is 10.1. The molecule has 30 heavy (non-hydrogen) atoms. The van der Waals surface area contributed by atoms with Gasteiger partial charge in [-0.25, -0.2) is 4.79 Å². The lowest BCUT2D eigenvalue weighted by atomic mass is 9.99. The molecule has 0 saturated carbocycles. The molecule has 0 aliphatic carbocycles. The number of nitrogens with zero attached hydrogens (tertiary/aromatic N) is 2. The molecule has 6 heteroatoms. The van der Waals surface area contributed by atoms with E-state index in [1.165, 1.54) is 0 Å². The van der Waals surface area contributed by atoms with Crippen LogP contribution in [-0.2, 0) is 6.54 Å². The zero-order valence-electron chi connectivity index (χ0n) is 17.8. The lowest BCUT2D eigenvalue weighted by Gasteiger charge is -2.33. The van der Waals surface area contributed by atoms with Gasteiger partial charge in [-0.3, -0.25) is 0 Å². The smallest absolute Gasteiger partial charge is 0.322 e. The summed E-state index contributed by atoms with van der Waals surface area (Å²) in [4.78, 5) is 15.4. The summed E-state index contributed by atoms with van der Waals surface area (Å²) in [5, 5.41) is 3.05. The fraction of sp³-hybridized carbons (Fsp3) is 0.292. The molecule has 4 rings (SSSR count). The second kappa shape index (κ2) is 8.14. The number of rotatable bonds is 4. The Kier molecular flexibility index (Phi) is 5.40. The van der Waals surface area contributed by atoms with Crippen molar-refractivity contribution < 1.29 is 14.3 Å². The van der Waals surface area contributed by atoms with Crippen LogP contribution in [0.1, 0.15) is 31.1 Å². The standard InChI is InChI=1S/C24H27N3O3/c1-16(2)23-20-10-7-13-26(20)19-9-6-5-8-17(19)15-27(23)24(28)25-18-11-12-21(29-3)22(14-18)30-4/h5-14,16,23H,15H2,1-4H3,(H,25,28)/t23-/m1/s1. The van der Waals surface area contributed by atoms with E-state index in [4.69, 9.17) is 9.47 Å². The molecule has 0 fully saturated rings. The molecule has 156 valence electrons. The Morgan fingerprint density at radius 1 is 1.03 bits per heavy atom. The summed E-state index contributed by atoms with van der Waals surface area (Å²) in [6.45, 7) is 4.82. The van der Waals surface area contributed by atoms with Gasteiger partial charge in [0.25, 0.3) is 0 Å². The highest BCUT2D eigenvalue weighted by molar-refractivity contribution is 5.90. The Bertz CT molecular complexity index is 1060. The summed E-state index contributed by atoms with van der Waals surface area (Å²) in [5.41, 5.74) is 4.00. The number of aromatic nitrogens is 1. The van der Waals surface area contributed by atoms with Gasteiger partial charge in [-0.1, -0.05) is 32.0 Å². The first kappa shape index (κ1) is 19.9. The molecular formula is C24H27N3O3. The molecule has 3 aromatic rings. The number of hydrogen-bond donors (Lipinski definition) is 1. The number of amides is 2. The Morgan fingerprint density at radius 3 is 2.53 bits per heavy atom. The minimum absolute atomic E-state index is 0.0625. The molecule has 1 atom stereocenters. The van der Waals surface area contributed by atoms with Crippen LogP contribution in [0.25, 0.3) is 5.69 Å². The van der Waals surface area contributed by atoms with Crippen LogP contribution in [0.4, 0.5) is 10.5 Å². The Labute approximate surface area is 177 Å². The van der Waals surface area contributed by atoms with Crippen LogP contribution in [0, 0.1) is 5.92 Å². The molecule has 2 heterocycles. The monoisotopic (exact) mass is 405 g/mol. The number of hydrogen-bond acceptors (Lipinski definition) is 3. The normalized spacial score (nSPS) is 15.2. The van der Waals surface area contributed by atoms with E-state index in [1.807, 2.05) is 29.2 Å². The Balaban J connectivity index is 1.71. The number of nitrogens with one attached hydrogen (secondary N) is 1. The molecule has 0 radical (unpaired) electrons. The van der Waals surface area contributed by atoms with Crippen molar-refractivity contribution in [1.82, 2.24) is 9.47 Å². The third-order valence-corrected chi connectivity index (χ3v) is 5.54. The summed E-state index contributed by atoms with van der Waals surface area (Å²) in [6, 6.07) is 17.5. The quantitative estimate of drug-likeness (QED) is 0.646. The molecule has 1 aliphatic rings. The van der Waals surface area contributed by atoms with Crippen molar-refractivity contribution in [1.29, 1.82) is 0 Å². The first-order valence-electron chi connectivity index (χ1n) is 10.1. The molecule has 6 nitrogen and oxygen atoms in total. The summed E-state index contributed by atoms with van der Waals surface area (Å²) in [5.74, 6) is 1.44. The third kappa shape index (κ3) is 3.49. The Hall–Kier alpha value is -3.41. The minimum atomic E-state index is -0.148. The van der Waals surface area contributed by atoms with Crippen LogP contribution in [-0.4, -0.2) is 29.7 Å². The molecular weight excluding hydrogens is 378 g/mol. The van der Waals surface area contributed by atoms with E-state index in [2.05, 4.69) is 48.1 Å². The molecule has 1 N–H and O–H groups in total. The molecule has 0 unspecified atom stereocenters. The lowest BCUT2D eigenvalue weighted by molar-refractivity contribution is 0.162. The van der Waals surface area contributed by atoms with Crippen molar-refractivity contribution in [2.45, 2.75) is 26.4 Å². The van der Waals surface area contributed by atoms with Gasteiger partial charge in [-0.2, -0.15) is 0 Å². The van der Waals surface area contributed by atoms with E-state index in [0.717, 1.165) is 16.9 Å². The summed E-state index contributed by atoms with van der Waals surface area (Å²) in [6.07, 6.45) is 2.07. The maximum atomic E-state index is 13.5. The fourth-order valence-electron chi connectivity index (χ4n) is 4.18. The van der Waals surface area contributed by atoms with Gasteiger partial charge in [0.2, 0.25) is 0 Å².